The van der Waals surface area contributed by atoms with Crippen LogP contribution in [-0.4, -0.2) is 33.0 Å². The molecular formula is C20H19F3N6S. The molecule has 2 heterocycles. The van der Waals surface area contributed by atoms with Crippen LogP contribution in [-0.2, 0) is 6.18 Å². The number of aromatic amines is 1. The largest absolute Gasteiger partial charge is 0.416 e. The molecule has 0 aliphatic carbocycles. The zero-order valence-electron chi connectivity index (χ0n) is 15.9. The molecule has 2 aromatic heterocycles. The fourth-order valence-electron chi connectivity index (χ4n) is 3.09. The van der Waals surface area contributed by atoms with E-state index in [0.29, 0.717) is 11.7 Å². The number of alkyl halides is 3. The van der Waals surface area contributed by atoms with Crippen LogP contribution in [0, 0.1) is 0 Å². The summed E-state index contributed by atoms with van der Waals surface area (Å²) in [7, 11) is 0. The normalized spacial score (nSPS) is 14.0. The molecular weight excluding hydrogens is 413 g/mol. The van der Waals surface area contributed by atoms with Crippen molar-refractivity contribution in [1.82, 2.24) is 20.4 Å². The number of hydrogen-bond donors (Lipinski definition) is 3. The van der Waals surface area contributed by atoms with Crippen molar-refractivity contribution in [3.63, 3.8) is 0 Å². The van der Waals surface area contributed by atoms with E-state index >= 15 is 0 Å². The molecule has 30 heavy (non-hydrogen) atoms. The number of halogens is 3. The van der Waals surface area contributed by atoms with E-state index in [4.69, 9.17) is 5.73 Å². The lowest BCUT2D eigenvalue weighted by molar-refractivity contribution is -0.137. The molecule has 0 bridgehead atoms. The van der Waals surface area contributed by atoms with E-state index in [1.54, 1.807) is 6.20 Å². The monoisotopic (exact) mass is 432 g/mol. The topological polar surface area (TPSA) is 92.5 Å². The van der Waals surface area contributed by atoms with Gasteiger partial charge in [0.1, 0.15) is 5.01 Å². The van der Waals surface area contributed by atoms with Gasteiger partial charge in [-0.05, 0) is 41.8 Å². The fraction of sp³-hybridized carbons (Fsp3) is 0.250. The van der Waals surface area contributed by atoms with Gasteiger partial charge in [0.25, 0.3) is 0 Å². The van der Waals surface area contributed by atoms with E-state index in [1.807, 2.05) is 25.1 Å². The van der Waals surface area contributed by atoms with Crippen LogP contribution in [0.4, 0.5) is 18.3 Å². The first-order valence-corrected chi connectivity index (χ1v) is 10.1. The smallest absolute Gasteiger partial charge is 0.358 e. The summed E-state index contributed by atoms with van der Waals surface area (Å²) >= 11 is 1.41. The molecule has 0 saturated carbocycles. The summed E-state index contributed by atoms with van der Waals surface area (Å²) in [5.74, 6) is -0.129. The fourth-order valence-corrected chi connectivity index (χ4v) is 3.84. The lowest BCUT2D eigenvalue weighted by atomic mass is 9.93. The van der Waals surface area contributed by atoms with Crippen LogP contribution in [0.3, 0.4) is 0 Å². The SMILES string of the molecule is C[C@H](c1ccc(C(F)(F)F)cc1)[C@H](N)CNc1nnc(-c2ccc3[nH]ncc3c2)s1. The van der Waals surface area contributed by atoms with Gasteiger partial charge in [-0.15, -0.1) is 10.2 Å². The minimum absolute atomic E-state index is 0.129. The van der Waals surface area contributed by atoms with Gasteiger partial charge in [0, 0.05) is 23.5 Å². The summed E-state index contributed by atoms with van der Waals surface area (Å²) in [5.41, 5.74) is 8.23. The summed E-state index contributed by atoms with van der Waals surface area (Å²) < 4.78 is 38.2. The Labute approximate surface area is 174 Å². The molecule has 4 aromatic rings. The average Bonchev–Trinajstić information content (AvgIpc) is 3.39. The summed E-state index contributed by atoms with van der Waals surface area (Å²) in [6.45, 7) is 2.30. The molecule has 4 N–H and O–H groups in total. The molecule has 0 spiro atoms. The molecule has 10 heteroatoms. The Bertz CT molecular complexity index is 1140. The zero-order valence-corrected chi connectivity index (χ0v) is 16.8. The van der Waals surface area contributed by atoms with Crippen molar-refractivity contribution in [3.8, 4) is 10.6 Å². The Hall–Kier alpha value is -2.98. The lowest BCUT2D eigenvalue weighted by Crippen LogP contribution is -2.34. The van der Waals surface area contributed by atoms with Gasteiger partial charge in [-0.25, -0.2) is 0 Å². The summed E-state index contributed by atoms with van der Waals surface area (Å²) in [4.78, 5) is 0. The molecule has 2 atom stereocenters. The molecule has 0 fully saturated rings. The minimum Gasteiger partial charge on any atom is -0.358 e. The van der Waals surface area contributed by atoms with Gasteiger partial charge in [-0.2, -0.15) is 18.3 Å². The standard InChI is InChI=1S/C20H19F3N6S/c1-11(12-2-5-15(6-3-12)20(21,22)23)16(24)10-25-19-29-28-18(30-19)13-4-7-17-14(8-13)9-26-27-17/h2-9,11,16H,10,24H2,1H3,(H,25,29)(H,26,27)/t11-,16-/m1/s1. The predicted molar refractivity (Wildman–Crippen MR) is 111 cm³/mol. The van der Waals surface area contributed by atoms with Crippen LogP contribution in [0.2, 0.25) is 0 Å². The third-order valence-electron chi connectivity index (χ3n) is 5.01. The molecule has 2 aromatic carbocycles. The Morgan fingerprint density at radius 2 is 1.90 bits per heavy atom. The van der Waals surface area contributed by atoms with E-state index in [-0.39, 0.29) is 12.0 Å². The molecule has 0 radical (unpaired) electrons. The van der Waals surface area contributed by atoms with E-state index < -0.39 is 11.7 Å². The highest BCUT2D eigenvalue weighted by molar-refractivity contribution is 7.18. The molecule has 4 rings (SSSR count). The first-order valence-electron chi connectivity index (χ1n) is 9.25. The van der Waals surface area contributed by atoms with Gasteiger partial charge < -0.3 is 11.1 Å². The van der Waals surface area contributed by atoms with E-state index in [0.717, 1.165) is 39.2 Å². The lowest BCUT2D eigenvalue weighted by Gasteiger charge is -2.21. The minimum atomic E-state index is -4.34. The second kappa shape index (κ2) is 8.04. The number of H-pyrrole nitrogens is 1. The maximum atomic E-state index is 12.7. The Morgan fingerprint density at radius 3 is 2.63 bits per heavy atom. The highest BCUT2D eigenvalue weighted by Crippen LogP contribution is 2.31. The van der Waals surface area contributed by atoms with Gasteiger partial charge >= 0.3 is 6.18 Å². The van der Waals surface area contributed by atoms with Crippen LogP contribution in [0.5, 0.6) is 0 Å². The quantitative estimate of drug-likeness (QED) is 0.413. The Kier molecular flexibility index (Phi) is 5.44. The molecule has 156 valence electrons. The first kappa shape index (κ1) is 20.3. The van der Waals surface area contributed by atoms with Crippen molar-refractivity contribution in [1.29, 1.82) is 0 Å². The zero-order chi connectivity index (χ0) is 21.3. The third kappa shape index (κ3) is 4.29. The third-order valence-corrected chi connectivity index (χ3v) is 5.94. The number of aromatic nitrogens is 4. The van der Waals surface area contributed by atoms with Gasteiger partial charge in [0.2, 0.25) is 5.13 Å². The first-order chi connectivity index (χ1) is 14.3. The second-order valence-corrected chi connectivity index (χ2v) is 8.02. The second-order valence-electron chi connectivity index (χ2n) is 7.04. The van der Waals surface area contributed by atoms with Crippen LogP contribution >= 0.6 is 11.3 Å². The van der Waals surface area contributed by atoms with Crippen LogP contribution < -0.4 is 11.1 Å². The molecule has 0 amide bonds. The molecule has 0 unspecified atom stereocenters. The van der Waals surface area contributed by atoms with Crippen molar-refractivity contribution < 1.29 is 13.2 Å². The summed E-state index contributed by atoms with van der Waals surface area (Å²) in [5, 5.41) is 20.9. The summed E-state index contributed by atoms with van der Waals surface area (Å²) in [6.07, 6.45) is -2.59. The van der Waals surface area contributed by atoms with Gasteiger partial charge in [0.05, 0.1) is 17.3 Å². The van der Waals surface area contributed by atoms with E-state index in [1.165, 1.54) is 23.5 Å². The van der Waals surface area contributed by atoms with Crippen molar-refractivity contribution in [2.75, 3.05) is 11.9 Å². The van der Waals surface area contributed by atoms with Crippen molar-refractivity contribution >= 4 is 27.4 Å². The van der Waals surface area contributed by atoms with Crippen LogP contribution in [0.1, 0.15) is 24.0 Å². The Balaban J connectivity index is 1.38. The van der Waals surface area contributed by atoms with Crippen molar-refractivity contribution in [3.05, 3.63) is 59.8 Å². The number of benzene rings is 2. The number of hydrogen-bond acceptors (Lipinski definition) is 6. The highest BCUT2D eigenvalue weighted by Gasteiger charge is 2.30. The van der Waals surface area contributed by atoms with Gasteiger partial charge in [0.15, 0.2) is 0 Å². The average molecular weight is 432 g/mol. The number of nitrogens with zero attached hydrogens (tertiary/aromatic N) is 3. The van der Waals surface area contributed by atoms with E-state index in [9.17, 15) is 13.2 Å². The number of nitrogens with two attached hydrogens (primary N) is 1. The maximum absolute atomic E-state index is 12.7. The van der Waals surface area contributed by atoms with Gasteiger partial charge in [-0.3, -0.25) is 5.10 Å². The predicted octanol–water partition coefficient (Wildman–Crippen LogP) is 4.64. The van der Waals surface area contributed by atoms with Crippen molar-refractivity contribution in [2.24, 2.45) is 5.73 Å². The number of nitrogens with one attached hydrogen (secondary N) is 2. The van der Waals surface area contributed by atoms with Crippen LogP contribution in [0.25, 0.3) is 21.5 Å². The highest BCUT2D eigenvalue weighted by atomic mass is 32.1. The molecule has 0 aliphatic heterocycles. The molecule has 6 nitrogen and oxygen atoms in total. The number of anilines is 1. The number of fused-ring (bicyclic) bond motifs is 1. The summed E-state index contributed by atoms with van der Waals surface area (Å²) in [6, 6.07) is 10.7. The molecule has 0 saturated heterocycles. The number of rotatable bonds is 6. The maximum Gasteiger partial charge on any atom is 0.416 e. The van der Waals surface area contributed by atoms with Gasteiger partial charge in [-0.1, -0.05) is 30.4 Å². The Morgan fingerprint density at radius 1 is 1.13 bits per heavy atom. The van der Waals surface area contributed by atoms with Crippen LogP contribution in [0.15, 0.2) is 48.7 Å². The van der Waals surface area contributed by atoms with Crippen molar-refractivity contribution in [2.45, 2.75) is 25.1 Å². The van der Waals surface area contributed by atoms with E-state index in [2.05, 4.69) is 25.7 Å². The molecule has 0 aliphatic rings.